The van der Waals surface area contributed by atoms with Gasteiger partial charge in [0.25, 0.3) is 0 Å². The number of ether oxygens (including phenoxy) is 1. The molecular formula is C9H12N2O. The normalized spacial score (nSPS) is 15.8. The van der Waals surface area contributed by atoms with Crippen molar-refractivity contribution in [2.75, 3.05) is 12.4 Å². The SMILES string of the molecule is COc1cccc(NC2CC2)n1. The number of anilines is 1. The molecule has 12 heavy (non-hydrogen) atoms. The van der Waals surface area contributed by atoms with Crippen LogP contribution in [-0.2, 0) is 0 Å². The maximum Gasteiger partial charge on any atom is 0.214 e. The van der Waals surface area contributed by atoms with E-state index >= 15 is 0 Å². The maximum atomic E-state index is 5.01. The Bertz CT molecular complexity index is 271. The van der Waals surface area contributed by atoms with Gasteiger partial charge in [-0.1, -0.05) is 6.07 Å². The molecule has 0 atom stereocenters. The lowest BCUT2D eigenvalue weighted by atomic mass is 10.4. The quantitative estimate of drug-likeness (QED) is 0.737. The van der Waals surface area contributed by atoms with Gasteiger partial charge in [-0.05, 0) is 18.9 Å². The number of nitrogens with zero attached hydrogens (tertiary/aromatic N) is 1. The van der Waals surface area contributed by atoms with Crippen molar-refractivity contribution >= 4 is 5.82 Å². The number of hydrogen-bond acceptors (Lipinski definition) is 3. The molecule has 64 valence electrons. The van der Waals surface area contributed by atoms with E-state index in [1.54, 1.807) is 7.11 Å². The summed E-state index contributed by atoms with van der Waals surface area (Å²) in [5, 5.41) is 3.30. The molecule has 0 amide bonds. The summed E-state index contributed by atoms with van der Waals surface area (Å²) < 4.78 is 5.01. The van der Waals surface area contributed by atoms with E-state index in [1.165, 1.54) is 12.8 Å². The molecule has 0 aromatic carbocycles. The summed E-state index contributed by atoms with van der Waals surface area (Å²) in [7, 11) is 1.63. The predicted molar refractivity (Wildman–Crippen MR) is 47.4 cm³/mol. The molecule has 1 aliphatic carbocycles. The fourth-order valence-electron chi connectivity index (χ4n) is 1.05. The van der Waals surface area contributed by atoms with Gasteiger partial charge in [-0.25, -0.2) is 0 Å². The molecule has 0 saturated heterocycles. The summed E-state index contributed by atoms with van der Waals surface area (Å²) in [6.45, 7) is 0. The van der Waals surface area contributed by atoms with Crippen LogP contribution in [0, 0.1) is 0 Å². The van der Waals surface area contributed by atoms with Gasteiger partial charge in [0.15, 0.2) is 0 Å². The number of aromatic nitrogens is 1. The average molecular weight is 164 g/mol. The Morgan fingerprint density at radius 2 is 2.33 bits per heavy atom. The monoisotopic (exact) mass is 164 g/mol. The topological polar surface area (TPSA) is 34.1 Å². The third kappa shape index (κ3) is 1.67. The molecule has 1 aliphatic rings. The lowest BCUT2D eigenvalue weighted by Gasteiger charge is -2.04. The molecule has 0 aliphatic heterocycles. The first kappa shape index (κ1) is 7.40. The Labute approximate surface area is 71.8 Å². The molecule has 1 N–H and O–H groups in total. The molecule has 0 radical (unpaired) electrons. The van der Waals surface area contributed by atoms with Crippen LogP contribution in [0.1, 0.15) is 12.8 Å². The van der Waals surface area contributed by atoms with E-state index in [-0.39, 0.29) is 0 Å². The van der Waals surface area contributed by atoms with Crippen molar-refractivity contribution in [2.45, 2.75) is 18.9 Å². The van der Waals surface area contributed by atoms with Crippen molar-refractivity contribution in [1.29, 1.82) is 0 Å². The largest absolute Gasteiger partial charge is 0.481 e. The van der Waals surface area contributed by atoms with Crippen LogP contribution in [0.4, 0.5) is 5.82 Å². The van der Waals surface area contributed by atoms with Crippen LogP contribution < -0.4 is 10.1 Å². The molecular weight excluding hydrogens is 152 g/mol. The Morgan fingerprint density at radius 3 is 3.00 bits per heavy atom. The number of pyridine rings is 1. The van der Waals surface area contributed by atoms with E-state index in [9.17, 15) is 0 Å². The summed E-state index contributed by atoms with van der Waals surface area (Å²) in [6.07, 6.45) is 2.53. The number of rotatable bonds is 3. The smallest absolute Gasteiger partial charge is 0.214 e. The fraction of sp³-hybridized carbons (Fsp3) is 0.444. The number of hydrogen-bond donors (Lipinski definition) is 1. The lowest BCUT2D eigenvalue weighted by Crippen LogP contribution is -2.03. The highest BCUT2D eigenvalue weighted by Crippen LogP contribution is 2.24. The van der Waals surface area contributed by atoms with Gasteiger partial charge in [0, 0.05) is 12.1 Å². The zero-order chi connectivity index (χ0) is 8.39. The van der Waals surface area contributed by atoms with Crippen molar-refractivity contribution in [1.82, 2.24) is 4.98 Å². The minimum atomic E-state index is 0.643. The van der Waals surface area contributed by atoms with Gasteiger partial charge in [-0.15, -0.1) is 0 Å². The van der Waals surface area contributed by atoms with Crippen LogP contribution in [0.3, 0.4) is 0 Å². The van der Waals surface area contributed by atoms with Gasteiger partial charge in [0.2, 0.25) is 5.88 Å². The van der Waals surface area contributed by atoms with E-state index in [4.69, 9.17) is 4.74 Å². The van der Waals surface area contributed by atoms with Gasteiger partial charge in [0.1, 0.15) is 5.82 Å². The number of methoxy groups -OCH3 is 1. The maximum absolute atomic E-state index is 5.01. The third-order valence-corrected chi connectivity index (χ3v) is 1.86. The minimum absolute atomic E-state index is 0.643. The van der Waals surface area contributed by atoms with Crippen molar-refractivity contribution in [3.05, 3.63) is 18.2 Å². The molecule has 1 aromatic heterocycles. The van der Waals surface area contributed by atoms with Crippen LogP contribution in [0.15, 0.2) is 18.2 Å². The van der Waals surface area contributed by atoms with E-state index < -0.39 is 0 Å². The van der Waals surface area contributed by atoms with Gasteiger partial charge >= 0.3 is 0 Å². The predicted octanol–water partition coefficient (Wildman–Crippen LogP) is 1.66. The highest BCUT2D eigenvalue weighted by Gasteiger charge is 2.21. The first-order chi connectivity index (χ1) is 5.88. The van der Waals surface area contributed by atoms with E-state index in [1.807, 2.05) is 18.2 Å². The lowest BCUT2D eigenvalue weighted by molar-refractivity contribution is 0.398. The van der Waals surface area contributed by atoms with E-state index in [0.29, 0.717) is 11.9 Å². The van der Waals surface area contributed by atoms with Crippen LogP contribution in [0.5, 0.6) is 5.88 Å². The van der Waals surface area contributed by atoms with Crippen LogP contribution in [0.2, 0.25) is 0 Å². The third-order valence-electron chi connectivity index (χ3n) is 1.86. The first-order valence-electron chi connectivity index (χ1n) is 4.16. The van der Waals surface area contributed by atoms with Crippen LogP contribution >= 0.6 is 0 Å². The molecule has 2 rings (SSSR count). The van der Waals surface area contributed by atoms with Gasteiger partial charge in [0.05, 0.1) is 7.11 Å². The fourth-order valence-corrected chi connectivity index (χ4v) is 1.05. The first-order valence-corrected chi connectivity index (χ1v) is 4.16. The number of nitrogens with one attached hydrogen (secondary N) is 1. The molecule has 3 heteroatoms. The Balaban J connectivity index is 2.08. The van der Waals surface area contributed by atoms with Gasteiger partial charge in [-0.3, -0.25) is 0 Å². The highest BCUT2D eigenvalue weighted by atomic mass is 16.5. The molecule has 3 nitrogen and oxygen atoms in total. The molecule has 1 saturated carbocycles. The zero-order valence-corrected chi connectivity index (χ0v) is 7.08. The molecule has 0 bridgehead atoms. The summed E-state index contributed by atoms with van der Waals surface area (Å²) in [4.78, 5) is 4.24. The van der Waals surface area contributed by atoms with Crippen LogP contribution in [0.25, 0.3) is 0 Å². The van der Waals surface area contributed by atoms with E-state index in [2.05, 4.69) is 10.3 Å². The van der Waals surface area contributed by atoms with Gasteiger partial charge in [-0.2, -0.15) is 4.98 Å². The molecule has 1 aromatic rings. The molecule has 1 heterocycles. The van der Waals surface area contributed by atoms with E-state index in [0.717, 1.165) is 5.82 Å². The van der Waals surface area contributed by atoms with Crippen molar-refractivity contribution in [2.24, 2.45) is 0 Å². The molecule has 0 unspecified atom stereocenters. The van der Waals surface area contributed by atoms with Crippen molar-refractivity contribution in [3.63, 3.8) is 0 Å². The summed E-state index contributed by atoms with van der Waals surface area (Å²) in [6, 6.07) is 6.39. The molecule has 0 spiro atoms. The highest BCUT2D eigenvalue weighted by molar-refractivity contribution is 5.39. The summed E-state index contributed by atoms with van der Waals surface area (Å²) in [5.41, 5.74) is 0. The summed E-state index contributed by atoms with van der Waals surface area (Å²) in [5.74, 6) is 1.58. The Hall–Kier alpha value is -1.25. The van der Waals surface area contributed by atoms with Crippen LogP contribution in [-0.4, -0.2) is 18.1 Å². The van der Waals surface area contributed by atoms with Gasteiger partial charge < -0.3 is 10.1 Å². The second-order valence-electron chi connectivity index (χ2n) is 2.98. The standard InChI is InChI=1S/C9H12N2O/c1-12-9-4-2-3-8(11-9)10-7-5-6-7/h2-4,7H,5-6H2,1H3,(H,10,11). The zero-order valence-electron chi connectivity index (χ0n) is 7.08. The Morgan fingerprint density at radius 1 is 1.50 bits per heavy atom. The van der Waals surface area contributed by atoms with Crippen molar-refractivity contribution in [3.8, 4) is 5.88 Å². The molecule has 1 fully saturated rings. The second kappa shape index (κ2) is 3.01. The van der Waals surface area contributed by atoms with Crippen molar-refractivity contribution < 1.29 is 4.74 Å². The Kier molecular flexibility index (Phi) is 1.86. The summed E-state index contributed by atoms with van der Waals surface area (Å²) >= 11 is 0. The average Bonchev–Trinajstić information content (AvgIpc) is 2.89. The minimum Gasteiger partial charge on any atom is -0.481 e. The second-order valence-corrected chi connectivity index (χ2v) is 2.98.